The maximum absolute atomic E-state index is 12.1. The zero-order valence-corrected chi connectivity index (χ0v) is 10.3. The van der Waals surface area contributed by atoms with Gasteiger partial charge in [-0.3, -0.25) is 14.8 Å². The van der Waals surface area contributed by atoms with Gasteiger partial charge in [-0.05, 0) is 6.92 Å². The van der Waals surface area contributed by atoms with Gasteiger partial charge in [0.15, 0.2) is 12.4 Å². The highest BCUT2D eigenvalue weighted by molar-refractivity contribution is 5.83. The van der Waals surface area contributed by atoms with Gasteiger partial charge in [0.25, 0.3) is 11.6 Å². The Labute approximate surface area is 110 Å². The fraction of sp³-hybridized carbons (Fsp3) is 0.364. The third-order valence-corrected chi connectivity index (χ3v) is 2.23. The zero-order valence-electron chi connectivity index (χ0n) is 10.3. The minimum Gasteiger partial charge on any atom is -0.482 e. The van der Waals surface area contributed by atoms with E-state index in [4.69, 9.17) is 4.74 Å². The number of rotatable bonds is 4. The molecule has 0 saturated heterocycles. The monoisotopic (exact) mass is 289 g/mol. The standard InChI is InChI=1S/C11H10F3N3O3/c1-2-19-10-16-6-3-15-4-7(8(6)9(18)17-10)20-5-11(12,13)14/h3-4H,2,5H2,1H3,(H,16,17,18). The Hall–Kier alpha value is -2.32. The van der Waals surface area contributed by atoms with Crippen molar-refractivity contribution in [1.29, 1.82) is 0 Å². The number of aromatic nitrogens is 3. The largest absolute Gasteiger partial charge is 0.482 e. The number of aromatic amines is 1. The van der Waals surface area contributed by atoms with Crippen LogP contribution < -0.4 is 15.0 Å². The van der Waals surface area contributed by atoms with Crippen LogP contribution in [0.2, 0.25) is 0 Å². The van der Waals surface area contributed by atoms with Gasteiger partial charge in [-0.2, -0.15) is 18.2 Å². The van der Waals surface area contributed by atoms with E-state index in [-0.39, 0.29) is 29.3 Å². The van der Waals surface area contributed by atoms with Crippen molar-refractivity contribution in [3.8, 4) is 11.8 Å². The first kappa shape index (κ1) is 14.1. The lowest BCUT2D eigenvalue weighted by Gasteiger charge is -2.10. The van der Waals surface area contributed by atoms with E-state index in [0.717, 1.165) is 6.20 Å². The van der Waals surface area contributed by atoms with Crippen LogP contribution in [0, 0.1) is 0 Å². The number of hydrogen-bond acceptors (Lipinski definition) is 5. The van der Waals surface area contributed by atoms with Gasteiger partial charge in [0.2, 0.25) is 0 Å². The molecule has 0 atom stereocenters. The second kappa shape index (κ2) is 5.35. The maximum atomic E-state index is 12.1. The smallest absolute Gasteiger partial charge is 0.422 e. The van der Waals surface area contributed by atoms with Crippen molar-refractivity contribution in [2.45, 2.75) is 13.1 Å². The van der Waals surface area contributed by atoms with Crippen molar-refractivity contribution >= 4 is 10.9 Å². The second-order valence-corrected chi connectivity index (χ2v) is 3.74. The Kier molecular flexibility index (Phi) is 3.77. The number of alkyl halides is 3. The quantitative estimate of drug-likeness (QED) is 0.926. The summed E-state index contributed by atoms with van der Waals surface area (Å²) in [6.45, 7) is 0.470. The SMILES string of the molecule is CCOc1nc2cncc(OCC(F)(F)F)c2c(=O)[nH]1. The summed E-state index contributed by atoms with van der Waals surface area (Å²) < 4.78 is 46.0. The number of ether oxygens (including phenoxy) is 2. The number of hydrogen-bond donors (Lipinski definition) is 1. The molecular formula is C11H10F3N3O3. The molecule has 9 heteroatoms. The molecular weight excluding hydrogens is 279 g/mol. The highest BCUT2D eigenvalue weighted by Gasteiger charge is 2.29. The number of fused-ring (bicyclic) bond motifs is 1. The first-order chi connectivity index (χ1) is 9.40. The summed E-state index contributed by atoms with van der Waals surface area (Å²) in [6.07, 6.45) is -2.23. The maximum Gasteiger partial charge on any atom is 0.422 e. The Morgan fingerprint density at radius 1 is 1.30 bits per heavy atom. The Morgan fingerprint density at radius 2 is 2.05 bits per heavy atom. The van der Waals surface area contributed by atoms with E-state index in [0.29, 0.717) is 0 Å². The van der Waals surface area contributed by atoms with Crippen LogP contribution >= 0.6 is 0 Å². The average Bonchev–Trinajstić information content (AvgIpc) is 2.35. The van der Waals surface area contributed by atoms with Crippen LogP contribution in [0.25, 0.3) is 10.9 Å². The second-order valence-electron chi connectivity index (χ2n) is 3.74. The van der Waals surface area contributed by atoms with Crippen LogP contribution in [0.3, 0.4) is 0 Å². The summed E-state index contributed by atoms with van der Waals surface area (Å²) >= 11 is 0. The highest BCUT2D eigenvalue weighted by atomic mass is 19.4. The first-order valence-corrected chi connectivity index (χ1v) is 5.61. The lowest BCUT2D eigenvalue weighted by Crippen LogP contribution is -2.20. The molecule has 20 heavy (non-hydrogen) atoms. The molecule has 0 radical (unpaired) electrons. The van der Waals surface area contributed by atoms with E-state index in [1.54, 1.807) is 6.92 Å². The number of pyridine rings is 1. The fourth-order valence-electron chi connectivity index (χ4n) is 1.51. The van der Waals surface area contributed by atoms with Crippen molar-refractivity contribution in [2.24, 2.45) is 0 Å². The Bertz CT molecular complexity index is 669. The number of H-pyrrole nitrogens is 1. The Balaban J connectivity index is 2.44. The summed E-state index contributed by atoms with van der Waals surface area (Å²) in [5.74, 6) is -0.281. The van der Waals surface area contributed by atoms with E-state index in [9.17, 15) is 18.0 Å². The normalized spacial score (nSPS) is 11.6. The minimum atomic E-state index is -4.51. The molecule has 0 aromatic carbocycles. The van der Waals surface area contributed by atoms with Crippen molar-refractivity contribution in [1.82, 2.24) is 15.0 Å². The predicted octanol–water partition coefficient (Wildman–Crippen LogP) is 1.66. The lowest BCUT2D eigenvalue weighted by atomic mass is 10.3. The van der Waals surface area contributed by atoms with Crippen molar-refractivity contribution < 1.29 is 22.6 Å². The molecule has 2 rings (SSSR count). The number of nitrogens with zero attached hydrogens (tertiary/aromatic N) is 2. The molecule has 108 valence electrons. The van der Waals surface area contributed by atoms with Crippen LogP contribution in [-0.4, -0.2) is 34.3 Å². The van der Waals surface area contributed by atoms with E-state index in [1.807, 2.05) is 0 Å². The fourth-order valence-corrected chi connectivity index (χ4v) is 1.51. The minimum absolute atomic E-state index is 0.0280. The molecule has 0 spiro atoms. The topological polar surface area (TPSA) is 77.1 Å². The molecule has 2 heterocycles. The lowest BCUT2D eigenvalue weighted by molar-refractivity contribution is -0.153. The van der Waals surface area contributed by atoms with Crippen LogP contribution in [-0.2, 0) is 0 Å². The molecule has 0 fully saturated rings. The third-order valence-electron chi connectivity index (χ3n) is 2.23. The number of halogens is 3. The summed E-state index contributed by atoms with van der Waals surface area (Å²) in [5.41, 5.74) is -0.560. The van der Waals surface area contributed by atoms with Crippen LogP contribution in [0.15, 0.2) is 17.2 Å². The van der Waals surface area contributed by atoms with Crippen molar-refractivity contribution in [2.75, 3.05) is 13.2 Å². The van der Waals surface area contributed by atoms with Gasteiger partial charge in [-0.25, -0.2) is 0 Å². The highest BCUT2D eigenvalue weighted by Crippen LogP contribution is 2.23. The van der Waals surface area contributed by atoms with Gasteiger partial charge < -0.3 is 9.47 Å². The molecule has 0 bridgehead atoms. The van der Waals surface area contributed by atoms with E-state index in [1.165, 1.54) is 6.20 Å². The summed E-state index contributed by atoms with van der Waals surface area (Å²) in [6, 6.07) is -0.0280. The summed E-state index contributed by atoms with van der Waals surface area (Å²) in [4.78, 5) is 21.8. The molecule has 0 unspecified atom stereocenters. The summed E-state index contributed by atoms with van der Waals surface area (Å²) in [7, 11) is 0. The molecule has 1 N–H and O–H groups in total. The van der Waals surface area contributed by atoms with Crippen molar-refractivity contribution in [3.63, 3.8) is 0 Å². The van der Waals surface area contributed by atoms with Gasteiger partial charge >= 0.3 is 6.18 Å². The third kappa shape index (κ3) is 3.16. The van der Waals surface area contributed by atoms with Gasteiger partial charge in [0, 0.05) is 0 Å². The Morgan fingerprint density at radius 3 is 2.70 bits per heavy atom. The molecule has 0 aliphatic heterocycles. The van der Waals surface area contributed by atoms with Gasteiger partial charge in [0.1, 0.15) is 10.9 Å². The summed E-state index contributed by atoms with van der Waals surface area (Å²) in [5, 5.41) is -0.104. The van der Waals surface area contributed by atoms with Gasteiger partial charge in [0.05, 0.1) is 19.0 Å². The van der Waals surface area contributed by atoms with E-state index < -0.39 is 18.3 Å². The van der Waals surface area contributed by atoms with Crippen molar-refractivity contribution in [3.05, 3.63) is 22.7 Å². The van der Waals surface area contributed by atoms with Crippen LogP contribution in [0.5, 0.6) is 11.8 Å². The van der Waals surface area contributed by atoms with Gasteiger partial charge in [-0.1, -0.05) is 0 Å². The molecule has 0 amide bonds. The van der Waals surface area contributed by atoms with Gasteiger partial charge in [-0.15, -0.1) is 0 Å². The van der Waals surface area contributed by atoms with Crippen LogP contribution in [0.4, 0.5) is 13.2 Å². The number of nitrogens with one attached hydrogen (secondary N) is 1. The molecule has 6 nitrogen and oxygen atoms in total. The molecule has 0 aliphatic carbocycles. The van der Waals surface area contributed by atoms with Crippen LogP contribution in [0.1, 0.15) is 6.92 Å². The van der Waals surface area contributed by atoms with E-state index >= 15 is 0 Å². The average molecular weight is 289 g/mol. The predicted molar refractivity (Wildman–Crippen MR) is 62.9 cm³/mol. The zero-order chi connectivity index (χ0) is 14.8. The van der Waals surface area contributed by atoms with E-state index in [2.05, 4.69) is 19.7 Å². The molecule has 2 aromatic heterocycles. The molecule has 0 aliphatic rings. The first-order valence-electron chi connectivity index (χ1n) is 5.61. The molecule has 2 aromatic rings. The molecule has 0 saturated carbocycles.